The van der Waals surface area contributed by atoms with Gasteiger partial charge in [0, 0.05) is 0 Å². The first-order chi connectivity index (χ1) is 12.2. The molecule has 0 unspecified atom stereocenters. The monoisotopic (exact) mass is 354 g/mol. The fourth-order valence-electron chi connectivity index (χ4n) is 2.24. The van der Waals surface area contributed by atoms with Crippen molar-refractivity contribution in [3.05, 3.63) is 65.7 Å². The van der Waals surface area contributed by atoms with Crippen molar-refractivity contribution >= 4 is 11.9 Å². The van der Waals surface area contributed by atoms with Crippen LogP contribution in [0.2, 0.25) is 0 Å². The zero-order valence-electron chi connectivity index (χ0n) is 16.0. The Morgan fingerprint density at radius 1 is 0.885 bits per heavy atom. The van der Waals surface area contributed by atoms with Gasteiger partial charge in [0.05, 0.1) is 11.0 Å². The van der Waals surface area contributed by atoms with Crippen LogP contribution < -0.4 is 4.74 Å². The third kappa shape index (κ3) is 4.72. The van der Waals surface area contributed by atoms with Crippen LogP contribution in [-0.2, 0) is 15.1 Å². The molecule has 0 radical (unpaired) electrons. The van der Waals surface area contributed by atoms with Crippen molar-refractivity contribution in [1.29, 1.82) is 0 Å². The van der Waals surface area contributed by atoms with E-state index >= 15 is 0 Å². The Morgan fingerprint density at radius 3 is 2.00 bits per heavy atom. The molecule has 4 heteroatoms. The van der Waals surface area contributed by atoms with Crippen LogP contribution in [-0.4, -0.2) is 11.9 Å². The molecule has 0 saturated heterocycles. The lowest BCUT2D eigenvalue weighted by Gasteiger charge is -2.25. The molecule has 0 aliphatic carbocycles. The van der Waals surface area contributed by atoms with Gasteiger partial charge in [0.2, 0.25) is 0 Å². The molecule has 0 heterocycles. The Balaban J connectivity index is 2.06. The molecule has 26 heavy (non-hydrogen) atoms. The summed E-state index contributed by atoms with van der Waals surface area (Å²) in [5, 5.41) is 0. The standard InChI is InChI=1S/C22H26O4/c1-6-21(2,3)20(24)25-18-14-12-16(13-15-18)19(23)26-22(4,5)17-10-8-7-9-11-17/h7-15H,6H2,1-5H3. The van der Waals surface area contributed by atoms with Gasteiger partial charge in [-0.3, -0.25) is 4.79 Å². The SMILES string of the molecule is CCC(C)(C)C(=O)Oc1ccc(C(=O)OC(C)(C)c2ccccc2)cc1. The summed E-state index contributed by atoms with van der Waals surface area (Å²) in [6.45, 7) is 9.32. The van der Waals surface area contributed by atoms with Gasteiger partial charge in [0.1, 0.15) is 11.4 Å². The van der Waals surface area contributed by atoms with Crippen LogP contribution >= 0.6 is 0 Å². The molecular formula is C22H26O4. The summed E-state index contributed by atoms with van der Waals surface area (Å²) >= 11 is 0. The number of carbonyl (C=O) groups is 2. The Bertz CT molecular complexity index is 758. The Labute approximate surface area is 155 Å². The van der Waals surface area contributed by atoms with Gasteiger partial charge >= 0.3 is 11.9 Å². The molecule has 4 nitrogen and oxygen atoms in total. The zero-order valence-corrected chi connectivity index (χ0v) is 16.0. The van der Waals surface area contributed by atoms with Crippen molar-refractivity contribution in [2.24, 2.45) is 5.41 Å². The number of rotatable bonds is 6. The lowest BCUT2D eigenvalue weighted by molar-refractivity contribution is -0.144. The number of carbonyl (C=O) groups excluding carboxylic acids is 2. The second-order valence-electron chi connectivity index (χ2n) is 7.42. The summed E-state index contributed by atoms with van der Waals surface area (Å²) in [6.07, 6.45) is 0.685. The van der Waals surface area contributed by atoms with Crippen LogP contribution in [0.15, 0.2) is 54.6 Å². The first-order valence-corrected chi connectivity index (χ1v) is 8.77. The highest BCUT2D eigenvalue weighted by Gasteiger charge is 2.28. The van der Waals surface area contributed by atoms with Crippen molar-refractivity contribution in [1.82, 2.24) is 0 Å². The third-order valence-electron chi connectivity index (χ3n) is 4.55. The Morgan fingerprint density at radius 2 is 1.46 bits per heavy atom. The molecule has 0 aromatic heterocycles. The maximum atomic E-state index is 12.4. The third-order valence-corrected chi connectivity index (χ3v) is 4.55. The van der Waals surface area contributed by atoms with E-state index in [2.05, 4.69) is 0 Å². The summed E-state index contributed by atoms with van der Waals surface area (Å²) in [4.78, 5) is 24.6. The van der Waals surface area contributed by atoms with Crippen molar-refractivity contribution in [3.63, 3.8) is 0 Å². The topological polar surface area (TPSA) is 52.6 Å². The fraction of sp³-hybridized carbons (Fsp3) is 0.364. The van der Waals surface area contributed by atoms with Gasteiger partial charge in [-0.1, -0.05) is 37.3 Å². The molecule has 0 amide bonds. The number of esters is 2. The Hall–Kier alpha value is -2.62. The summed E-state index contributed by atoms with van der Waals surface area (Å²) in [7, 11) is 0. The van der Waals surface area contributed by atoms with Crippen LogP contribution in [0.25, 0.3) is 0 Å². The van der Waals surface area contributed by atoms with E-state index in [1.54, 1.807) is 24.3 Å². The van der Waals surface area contributed by atoms with E-state index in [4.69, 9.17) is 9.47 Å². The average Bonchev–Trinajstić information content (AvgIpc) is 2.62. The molecule has 0 aliphatic heterocycles. The molecule has 0 fully saturated rings. The summed E-state index contributed by atoms with van der Waals surface area (Å²) in [6, 6.07) is 16.0. The van der Waals surface area contributed by atoms with E-state index in [0.717, 1.165) is 5.56 Å². The second-order valence-corrected chi connectivity index (χ2v) is 7.42. The minimum Gasteiger partial charge on any atom is -0.451 e. The summed E-state index contributed by atoms with van der Waals surface area (Å²) in [5.74, 6) is -0.304. The van der Waals surface area contributed by atoms with Crippen LogP contribution in [0.5, 0.6) is 5.75 Å². The van der Waals surface area contributed by atoms with Crippen LogP contribution in [0.1, 0.15) is 57.0 Å². The fourth-order valence-corrected chi connectivity index (χ4v) is 2.24. The molecule has 0 atom stereocenters. The second kappa shape index (κ2) is 7.73. The van der Waals surface area contributed by atoms with Gasteiger partial charge in [-0.05, 0) is 63.9 Å². The maximum Gasteiger partial charge on any atom is 0.338 e. The number of hydrogen-bond acceptors (Lipinski definition) is 4. The zero-order chi connectivity index (χ0) is 19.4. The van der Waals surface area contributed by atoms with Crippen LogP contribution in [0.3, 0.4) is 0 Å². The first kappa shape index (κ1) is 19.7. The first-order valence-electron chi connectivity index (χ1n) is 8.77. The summed E-state index contributed by atoms with van der Waals surface area (Å²) < 4.78 is 11.0. The van der Waals surface area contributed by atoms with Crippen molar-refractivity contribution in [2.45, 2.75) is 46.6 Å². The predicted octanol–water partition coefficient (Wildman–Crippen LogP) is 5.12. The van der Waals surface area contributed by atoms with Gasteiger partial charge in [0.15, 0.2) is 0 Å². The van der Waals surface area contributed by atoms with Crippen molar-refractivity contribution in [2.75, 3.05) is 0 Å². The van der Waals surface area contributed by atoms with Crippen molar-refractivity contribution < 1.29 is 19.1 Å². The van der Waals surface area contributed by atoms with Gasteiger partial charge in [0.25, 0.3) is 0 Å². The quantitative estimate of drug-likeness (QED) is 0.534. The smallest absolute Gasteiger partial charge is 0.338 e. The van der Waals surface area contributed by atoms with Gasteiger partial charge in [-0.15, -0.1) is 0 Å². The maximum absolute atomic E-state index is 12.4. The Kier molecular flexibility index (Phi) is 5.86. The molecule has 2 aromatic carbocycles. The number of benzene rings is 2. The highest BCUT2D eigenvalue weighted by molar-refractivity contribution is 5.90. The molecule has 2 aromatic rings. The molecular weight excluding hydrogens is 328 g/mol. The minimum absolute atomic E-state index is 0.291. The van der Waals surface area contributed by atoms with Gasteiger partial charge in [-0.25, -0.2) is 4.79 Å². The lowest BCUT2D eigenvalue weighted by atomic mass is 9.91. The van der Waals surface area contributed by atoms with E-state index in [9.17, 15) is 9.59 Å². The van der Waals surface area contributed by atoms with E-state index in [1.807, 2.05) is 65.0 Å². The minimum atomic E-state index is -0.741. The molecule has 0 spiro atoms. The lowest BCUT2D eigenvalue weighted by Crippen LogP contribution is -2.28. The molecule has 0 aliphatic rings. The predicted molar refractivity (Wildman–Crippen MR) is 101 cm³/mol. The van der Waals surface area contributed by atoms with Crippen molar-refractivity contribution in [3.8, 4) is 5.75 Å². The van der Waals surface area contributed by atoms with Crippen LogP contribution in [0.4, 0.5) is 0 Å². The molecule has 0 N–H and O–H groups in total. The molecule has 0 saturated carbocycles. The average molecular weight is 354 g/mol. The highest BCUT2D eigenvalue weighted by Crippen LogP contribution is 2.27. The summed E-state index contributed by atoms with van der Waals surface area (Å²) in [5.41, 5.74) is 0.0376. The number of hydrogen-bond donors (Lipinski definition) is 0. The van der Waals surface area contributed by atoms with E-state index in [1.165, 1.54) is 0 Å². The van der Waals surface area contributed by atoms with Gasteiger partial charge in [-0.2, -0.15) is 0 Å². The van der Waals surface area contributed by atoms with Gasteiger partial charge < -0.3 is 9.47 Å². The highest BCUT2D eigenvalue weighted by atomic mass is 16.6. The molecule has 138 valence electrons. The van der Waals surface area contributed by atoms with E-state index < -0.39 is 17.0 Å². The molecule has 0 bridgehead atoms. The molecule has 2 rings (SSSR count). The largest absolute Gasteiger partial charge is 0.451 e. The van der Waals surface area contributed by atoms with Crippen LogP contribution in [0, 0.1) is 5.41 Å². The van der Waals surface area contributed by atoms with E-state index in [0.29, 0.717) is 17.7 Å². The number of ether oxygens (including phenoxy) is 2. The van der Waals surface area contributed by atoms with E-state index in [-0.39, 0.29) is 5.97 Å². The normalized spacial score (nSPS) is 11.7.